The maximum Gasteiger partial charge on any atom is 0.224 e. The van der Waals surface area contributed by atoms with Crippen LogP contribution in [0.4, 0.5) is 5.82 Å². The molecular formula is C5H4ClN5. The summed E-state index contributed by atoms with van der Waals surface area (Å²) < 4.78 is 0. The normalized spacial score (nSPS) is 10.6. The van der Waals surface area contributed by atoms with E-state index in [1.165, 1.54) is 6.20 Å². The predicted octanol–water partition coefficient (Wildman–Crippen LogP) is 0.589. The van der Waals surface area contributed by atoms with Crippen molar-refractivity contribution in [2.75, 3.05) is 5.73 Å². The summed E-state index contributed by atoms with van der Waals surface area (Å²) >= 11 is 5.51. The zero-order chi connectivity index (χ0) is 7.84. The van der Waals surface area contributed by atoms with Crippen molar-refractivity contribution in [2.24, 2.45) is 0 Å². The Morgan fingerprint density at radius 1 is 1.55 bits per heavy atom. The van der Waals surface area contributed by atoms with Gasteiger partial charge in [0.05, 0.1) is 5.39 Å². The SMILES string of the molecule is Nc1[nH]nc2nc(Cl)ncc12. The molecule has 0 atom stereocenters. The summed E-state index contributed by atoms with van der Waals surface area (Å²) in [5.41, 5.74) is 5.97. The van der Waals surface area contributed by atoms with Crippen molar-refractivity contribution >= 4 is 28.5 Å². The van der Waals surface area contributed by atoms with Gasteiger partial charge in [-0.3, -0.25) is 5.10 Å². The van der Waals surface area contributed by atoms with Crippen molar-refractivity contribution in [3.63, 3.8) is 0 Å². The number of nitrogens with zero attached hydrogens (tertiary/aromatic N) is 3. The molecule has 56 valence electrons. The lowest BCUT2D eigenvalue weighted by Crippen LogP contribution is -1.85. The zero-order valence-corrected chi connectivity index (χ0v) is 6.13. The lowest BCUT2D eigenvalue weighted by Gasteiger charge is -1.87. The summed E-state index contributed by atoms with van der Waals surface area (Å²) in [5, 5.41) is 7.22. The molecule has 0 saturated carbocycles. The fourth-order valence-corrected chi connectivity index (χ4v) is 0.930. The first-order chi connectivity index (χ1) is 5.27. The van der Waals surface area contributed by atoms with Crippen molar-refractivity contribution in [1.29, 1.82) is 0 Å². The summed E-state index contributed by atoms with van der Waals surface area (Å²) in [6.07, 6.45) is 1.53. The van der Waals surface area contributed by atoms with Gasteiger partial charge < -0.3 is 5.73 Å². The Bertz CT molecular complexity index is 395. The summed E-state index contributed by atoms with van der Waals surface area (Å²) in [5.74, 6) is 0.455. The second-order valence-corrected chi connectivity index (χ2v) is 2.35. The van der Waals surface area contributed by atoms with Gasteiger partial charge >= 0.3 is 0 Å². The fourth-order valence-electron chi connectivity index (χ4n) is 0.801. The van der Waals surface area contributed by atoms with Gasteiger partial charge in [-0.25, -0.2) is 4.98 Å². The molecule has 0 unspecified atom stereocenters. The van der Waals surface area contributed by atoms with Gasteiger partial charge in [-0.2, -0.15) is 10.1 Å². The third-order valence-corrected chi connectivity index (χ3v) is 1.49. The van der Waals surface area contributed by atoms with E-state index >= 15 is 0 Å². The van der Waals surface area contributed by atoms with Crippen molar-refractivity contribution in [3.8, 4) is 0 Å². The molecule has 0 aliphatic rings. The first-order valence-electron chi connectivity index (χ1n) is 2.89. The molecule has 0 saturated heterocycles. The monoisotopic (exact) mass is 169 g/mol. The number of nitrogens with two attached hydrogens (primary N) is 1. The van der Waals surface area contributed by atoms with Gasteiger partial charge in [0.2, 0.25) is 5.28 Å². The quantitative estimate of drug-likeness (QED) is 0.566. The average molecular weight is 170 g/mol. The average Bonchev–Trinajstić information content (AvgIpc) is 2.32. The Balaban J connectivity index is 2.86. The maximum absolute atomic E-state index is 5.51. The van der Waals surface area contributed by atoms with Crippen LogP contribution in [0.15, 0.2) is 6.20 Å². The molecule has 0 aromatic carbocycles. The molecule has 0 aliphatic heterocycles. The highest BCUT2D eigenvalue weighted by Crippen LogP contribution is 2.14. The maximum atomic E-state index is 5.51. The van der Waals surface area contributed by atoms with Gasteiger partial charge in [0.25, 0.3) is 0 Å². The molecule has 2 rings (SSSR count). The number of halogens is 1. The smallest absolute Gasteiger partial charge is 0.224 e. The van der Waals surface area contributed by atoms with Gasteiger partial charge in [-0.15, -0.1) is 0 Å². The van der Waals surface area contributed by atoms with E-state index in [9.17, 15) is 0 Å². The minimum absolute atomic E-state index is 0.170. The highest BCUT2D eigenvalue weighted by atomic mass is 35.5. The summed E-state index contributed by atoms with van der Waals surface area (Å²) in [7, 11) is 0. The third kappa shape index (κ3) is 0.894. The second-order valence-electron chi connectivity index (χ2n) is 2.01. The van der Waals surface area contributed by atoms with Crippen LogP contribution in [0.2, 0.25) is 5.28 Å². The van der Waals surface area contributed by atoms with Crippen molar-refractivity contribution in [2.45, 2.75) is 0 Å². The molecule has 0 aliphatic carbocycles. The number of fused-ring (bicyclic) bond motifs is 1. The van der Waals surface area contributed by atoms with Gasteiger partial charge in [0, 0.05) is 6.20 Å². The molecule has 0 spiro atoms. The van der Waals surface area contributed by atoms with E-state index in [0.717, 1.165) is 0 Å². The number of hydrogen-bond donors (Lipinski definition) is 2. The van der Waals surface area contributed by atoms with Crippen molar-refractivity contribution in [1.82, 2.24) is 20.2 Å². The lowest BCUT2D eigenvalue weighted by molar-refractivity contribution is 1.09. The van der Waals surface area contributed by atoms with E-state index in [4.69, 9.17) is 17.3 Å². The molecule has 6 heteroatoms. The number of aromatic amines is 1. The van der Waals surface area contributed by atoms with E-state index in [-0.39, 0.29) is 5.28 Å². The molecule has 5 nitrogen and oxygen atoms in total. The predicted molar refractivity (Wildman–Crippen MR) is 41.1 cm³/mol. The number of hydrogen-bond acceptors (Lipinski definition) is 4. The molecule has 2 aromatic heterocycles. The number of anilines is 1. The van der Waals surface area contributed by atoms with Crippen LogP contribution in [0.3, 0.4) is 0 Å². The topological polar surface area (TPSA) is 80.5 Å². The first-order valence-corrected chi connectivity index (χ1v) is 3.27. The van der Waals surface area contributed by atoms with Crippen molar-refractivity contribution in [3.05, 3.63) is 11.5 Å². The van der Waals surface area contributed by atoms with Crippen LogP contribution in [0.1, 0.15) is 0 Å². The van der Waals surface area contributed by atoms with Crippen LogP contribution in [0, 0.1) is 0 Å². The third-order valence-electron chi connectivity index (χ3n) is 1.31. The molecule has 11 heavy (non-hydrogen) atoms. The largest absolute Gasteiger partial charge is 0.383 e. The second kappa shape index (κ2) is 2.06. The Labute approximate surface area is 66.6 Å². The molecule has 0 amide bonds. The minimum atomic E-state index is 0.170. The van der Waals surface area contributed by atoms with E-state index in [1.807, 2.05) is 0 Å². The number of nitrogen functional groups attached to an aromatic ring is 1. The van der Waals surface area contributed by atoms with Gasteiger partial charge in [0.1, 0.15) is 5.82 Å². The van der Waals surface area contributed by atoms with Crippen LogP contribution in [-0.2, 0) is 0 Å². The highest BCUT2D eigenvalue weighted by Gasteiger charge is 2.03. The summed E-state index contributed by atoms with van der Waals surface area (Å²) in [6, 6.07) is 0. The molecule has 3 N–H and O–H groups in total. The number of H-pyrrole nitrogens is 1. The van der Waals surface area contributed by atoms with Gasteiger partial charge in [0.15, 0.2) is 5.65 Å². The molecular weight excluding hydrogens is 166 g/mol. The van der Waals surface area contributed by atoms with E-state index in [1.54, 1.807) is 0 Å². The number of nitrogens with one attached hydrogen (secondary N) is 1. The van der Waals surface area contributed by atoms with Gasteiger partial charge in [-0.1, -0.05) is 0 Å². The van der Waals surface area contributed by atoms with E-state index in [0.29, 0.717) is 16.9 Å². The standard InChI is InChI=1S/C5H4ClN5/c6-5-8-1-2-3(7)10-11-4(2)9-5/h1H,(H3,7,8,9,10,11). The lowest BCUT2D eigenvalue weighted by atomic mass is 10.4. The van der Waals surface area contributed by atoms with Crippen LogP contribution >= 0.6 is 11.6 Å². The Kier molecular flexibility index (Phi) is 1.19. The minimum Gasteiger partial charge on any atom is -0.383 e. The van der Waals surface area contributed by atoms with Crippen LogP contribution in [-0.4, -0.2) is 20.2 Å². The molecule has 2 aromatic rings. The number of aromatic nitrogens is 4. The summed E-state index contributed by atoms with van der Waals surface area (Å²) in [6.45, 7) is 0. The Morgan fingerprint density at radius 3 is 3.18 bits per heavy atom. The first kappa shape index (κ1) is 6.36. The van der Waals surface area contributed by atoms with Crippen LogP contribution < -0.4 is 5.73 Å². The van der Waals surface area contributed by atoms with Gasteiger partial charge in [-0.05, 0) is 11.6 Å². The molecule has 2 heterocycles. The highest BCUT2D eigenvalue weighted by molar-refractivity contribution is 6.28. The Morgan fingerprint density at radius 2 is 2.36 bits per heavy atom. The van der Waals surface area contributed by atoms with Crippen LogP contribution in [0.25, 0.3) is 11.0 Å². The summed E-state index contributed by atoms with van der Waals surface area (Å²) in [4.78, 5) is 7.58. The fraction of sp³-hybridized carbons (Fsp3) is 0. The molecule has 0 bridgehead atoms. The van der Waals surface area contributed by atoms with E-state index < -0.39 is 0 Å². The van der Waals surface area contributed by atoms with E-state index in [2.05, 4.69) is 20.2 Å². The zero-order valence-electron chi connectivity index (χ0n) is 5.37. The Hall–Kier alpha value is -1.36. The molecule has 0 fully saturated rings. The number of rotatable bonds is 0. The molecule has 0 radical (unpaired) electrons. The van der Waals surface area contributed by atoms with Crippen molar-refractivity contribution < 1.29 is 0 Å². The van der Waals surface area contributed by atoms with Crippen LogP contribution in [0.5, 0.6) is 0 Å².